The van der Waals surface area contributed by atoms with Crippen molar-refractivity contribution in [3.8, 4) is 11.5 Å². The standard InChI is InChI=1S/C15H18N6O2.ClH/c1-3-11-10-6-9(7-17-15(10)23-19-11)14-18-13(20-22-14)12-8-16-4-5-21(12)2;/h6-7,12,16H,3-5,8H2,1-2H3;1H. The minimum atomic E-state index is 0. The van der Waals surface area contributed by atoms with Crippen LogP contribution in [0.2, 0.25) is 0 Å². The SMILES string of the molecule is CCc1noc2ncc(-c3nc(C4CNCCN4C)no3)cc12.Cl. The fourth-order valence-corrected chi connectivity index (χ4v) is 2.83. The molecule has 0 amide bonds. The fraction of sp³-hybridized carbons (Fsp3) is 0.467. The molecule has 0 saturated carbocycles. The van der Waals surface area contributed by atoms with Gasteiger partial charge >= 0.3 is 0 Å². The highest BCUT2D eigenvalue weighted by Gasteiger charge is 2.25. The molecule has 128 valence electrons. The van der Waals surface area contributed by atoms with Gasteiger partial charge in [0.15, 0.2) is 5.82 Å². The van der Waals surface area contributed by atoms with Gasteiger partial charge in [-0.05, 0) is 19.5 Å². The Labute approximate surface area is 145 Å². The van der Waals surface area contributed by atoms with Crippen LogP contribution >= 0.6 is 12.4 Å². The van der Waals surface area contributed by atoms with Crippen molar-refractivity contribution in [1.82, 2.24) is 30.5 Å². The monoisotopic (exact) mass is 350 g/mol. The summed E-state index contributed by atoms with van der Waals surface area (Å²) < 4.78 is 10.6. The van der Waals surface area contributed by atoms with Gasteiger partial charge in [0.05, 0.1) is 22.7 Å². The van der Waals surface area contributed by atoms with E-state index in [0.717, 1.165) is 42.7 Å². The molecule has 0 radical (unpaired) electrons. The van der Waals surface area contributed by atoms with E-state index >= 15 is 0 Å². The fourth-order valence-electron chi connectivity index (χ4n) is 2.83. The van der Waals surface area contributed by atoms with Crippen LogP contribution in [0, 0.1) is 0 Å². The van der Waals surface area contributed by atoms with E-state index in [1.54, 1.807) is 6.20 Å². The van der Waals surface area contributed by atoms with Gasteiger partial charge in [0.1, 0.15) is 0 Å². The Morgan fingerprint density at radius 2 is 2.21 bits per heavy atom. The second-order valence-corrected chi connectivity index (χ2v) is 5.72. The van der Waals surface area contributed by atoms with Gasteiger partial charge in [-0.25, -0.2) is 4.98 Å². The highest BCUT2D eigenvalue weighted by Crippen LogP contribution is 2.26. The van der Waals surface area contributed by atoms with E-state index in [9.17, 15) is 0 Å². The number of hydrogen-bond acceptors (Lipinski definition) is 8. The lowest BCUT2D eigenvalue weighted by atomic mass is 10.1. The van der Waals surface area contributed by atoms with Gasteiger partial charge in [0.25, 0.3) is 11.6 Å². The Morgan fingerprint density at radius 1 is 1.33 bits per heavy atom. The first-order valence-electron chi connectivity index (χ1n) is 7.75. The van der Waals surface area contributed by atoms with Crippen LogP contribution in [0.25, 0.3) is 22.6 Å². The van der Waals surface area contributed by atoms with Crippen molar-refractivity contribution in [2.24, 2.45) is 0 Å². The summed E-state index contributed by atoms with van der Waals surface area (Å²) in [6, 6.07) is 2.07. The number of likely N-dealkylation sites (N-methyl/N-ethyl adjacent to an activating group) is 1. The largest absolute Gasteiger partial charge is 0.336 e. The molecule has 4 heterocycles. The number of nitrogens with one attached hydrogen (secondary N) is 1. The third kappa shape index (κ3) is 2.88. The molecule has 3 aromatic rings. The predicted molar refractivity (Wildman–Crippen MR) is 90.0 cm³/mol. The number of fused-ring (bicyclic) bond motifs is 1. The highest BCUT2D eigenvalue weighted by atomic mass is 35.5. The van der Waals surface area contributed by atoms with E-state index < -0.39 is 0 Å². The summed E-state index contributed by atoms with van der Waals surface area (Å²) in [6.45, 7) is 4.78. The summed E-state index contributed by atoms with van der Waals surface area (Å²) in [5.41, 5.74) is 2.19. The van der Waals surface area contributed by atoms with Gasteiger partial charge in [-0.3, -0.25) is 4.90 Å². The maximum Gasteiger partial charge on any atom is 0.259 e. The molecule has 1 unspecified atom stereocenters. The van der Waals surface area contributed by atoms with Crippen LogP contribution in [0.1, 0.15) is 24.5 Å². The Morgan fingerprint density at radius 3 is 3.00 bits per heavy atom. The molecule has 1 atom stereocenters. The van der Waals surface area contributed by atoms with Gasteiger partial charge in [-0.2, -0.15) is 4.98 Å². The average Bonchev–Trinajstić information content (AvgIpc) is 3.21. The third-order valence-corrected chi connectivity index (χ3v) is 4.24. The van der Waals surface area contributed by atoms with Crippen LogP contribution in [0.3, 0.4) is 0 Å². The first kappa shape index (κ1) is 16.8. The summed E-state index contributed by atoms with van der Waals surface area (Å²) in [5, 5.41) is 12.4. The summed E-state index contributed by atoms with van der Waals surface area (Å²) in [4.78, 5) is 11.1. The van der Waals surface area contributed by atoms with Crippen molar-refractivity contribution < 1.29 is 9.05 Å². The lowest BCUT2D eigenvalue weighted by molar-refractivity contribution is 0.190. The Balaban J connectivity index is 0.00000169. The Hall–Kier alpha value is -2.03. The molecule has 1 aliphatic rings. The van der Waals surface area contributed by atoms with Crippen molar-refractivity contribution in [3.63, 3.8) is 0 Å². The first-order chi connectivity index (χ1) is 11.3. The molecule has 0 aliphatic carbocycles. The van der Waals surface area contributed by atoms with E-state index in [2.05, 4.69) is 37.5 Å². The average molecular weight is 351 g/mol. The topological polar surface area (TPSA) is 93.1 Å². The summed E-state index contributed by atoms with van der Waals surface area (Å²) >= 11 is 0. The van der Waals surface area contributed by atoms with Gasteiger partial charge in [0.2, 0.25) is 0 Å². The van der Waals surface area contributed by atoms with Crippen LogP contribution in [0.5, 0.6) is 0 Å². The molecule has 0 spiro atoms. The van der Waals surface area contributed by atoms with Crippen molar-refractivity contribution in [2.75, 3.05) is 26.7 Å². The molecule has 1 saturated heterocycles. The van der Waals surface area contributed by atoms with Crippen LogP contribution in [-0.4, -0.2) is 51.9 Å². The first-order valence-corrected chi connectivity index (χ1v) is 7.75. The molecular formula is C15H19ClN6O2. The highest BCUT2D eigenvalue weighted by molar-refractivity contribution is 5.85. The number of halogens is 1. The molecule has 1 aliphatic heterocycles. The Bertz CT molecular complexity index is 832. The molecule has 1 fully saturated rings. The van der Waals surface area contributed by atoms with Crippen LogP contribution in [-0.2, 0) is 6.42 Å². The molecule has 3 aromatic heterocycles. The van der Waals surface area contributed by atoms with Gasteiger partial charge in [-0.1, -0.05) is 17.2 Å². The molecule has 9 heteroatoms. The Kier molecular flexibility index (Phi) is 4.79. The lowest BCUT2D eigenvalue weighted by Crippen LogP contribution is -2.44. The number of piperazine rings is 1. The lowest BCUT2D eigenvalue weighted by Gasteiger charge is -2.30. The van der Waals surface area contributed by atoms with E-state index in [-0.39, 0.29) is 18.4 Å². The minimum Gasteiger partial charge on any atom is -0.336 e. The second-order valence-electron chi connectivity index (χ2n) is 5.72. The summed E-state index contributed by atoms with van der Waals surface area (Å²) in [6.07, 6.45) is 2.46. The molecule has 4 rings (SSSR count). The van der Waals surface area contributed by atoms with Crippen LogP contribution in [0.4, 0.5) is 0 Å². The predicted octanol–water partition coefficient (Wildman–Crippen LogP) is 1.83. The van der Waals surface area contributed by atoms with Crippen LogP contribution in [0.15, 0.2) is 21.3 Å². The van der Waals surface area contributed by atoms with Crippen LogP contribution < -0.4 is 5.32 Å². The zero-order valence-electron chi connectivity index (χ0n) is 13.5. The second kappa shape index (κ2) is 6.84. The van der Waals surface area contributed by atoms with Crippen molar-refractivity contribution >= 4 is 23.5 Å². The van der Waals surface area contributed by atoms with Crippen molar-refractivity contribution in [2.45, 2.75) is 19.4 Å². The molecule has 24 heavy (non-hydrogen) atoms. The number of nitrogens with zero attached hydrogens (tertiary/aromatic N) is 5. The number of rotatable bonds is 3. The molecule has 0 aromatic carbocycles. The number of hydrogen-bond donors (Lipinski definition) is 1. The van der Waals surface area contributed by atoms with Crippen molar-refractivity contribution in [1.29, 1.82) is 0 Å². The molecular weight excluding hydrogens is 332 g/mol. The van der Waals surface area contributed by atoms with Crippen molar-refractivity contribution in [3.05, 3.63) is 23.8 Å². The number of aryl methyl sites for hydroxylation is 1. The maximum atomic E-state index is 5.44. The molecule has 8 nitrogen and oxygen atoms in total. The number of pyridine rings is 1. The van der Waals surface area contributed by atoms with Gasteiger partial charge in [0, 0.05) is 25.8 Å². The van der Waals surface area contributed by atoms with Gasteiger partial charge < -0.3 is 14.4 Å². The third-order valence-electron chi connectivity index (χ3n) is 4.24. The quantitative estimate of drug-likeness (QED) is 0.764. The van der Waals surface area contributed by atoms with E-state index in [1.807, 2.05) is 13.0 Å². The van der Waals surface area contributed by atoms with E-state index in [4.69, 9.17) is 9.05 Å². The number of aromatic nitrogens is 4. The minimum absolute atomic E-state index is 0. The normalized spacial score (nSPS) is 18.7. The zero-order valence-corrected chi connectivity index (χ0v) is 14.3. The summed E-state index contributed by atoms with van der Waals surface area (Å²) in [5.74, 6) is 1.16. The molecule has 0 bridgehead atoms. The van der Waals surface area contributed by atoms with E-state index in [0.29, 0.717) is 17.4 Å². The smallest absolute Gasteiger partial charge is 0.259 e. The van der Waals surface area contributed by atoms with Gasteiger partial charge in [-0.15, -0.1) is 12.4 Å². The van der Waals surface area contributed by atoms with E-state index in [1.165, 1.54) is 0 Å². The maximum absolute atomic E-state index is 5.44. The molecule has 1 N–H and O–H groups in total. The summed E-state index contributed by atoms with van der Waals surface area (Å²) in [7, 11) is 2.07. The zero-order chi connectivity index (χ0) is 15.8.